The number of aryl methyl sites for hydroxylation is 3. The Bertz CT molecular complexity index is 603. The van der Waals surface area contributed by atoms with Crippen molar-refractivity contribution in [2.24, 2.45) is 0 Å². The monoisotopic (exact) mass is 246 g/mol. The maximum Gasteiger partial charge on any atom is 0.196 e. The molecule has 0 radical (unpaired) electrons. The number of benzene rings is 1. The van der Waals surface area contributed by atoms with Crippen LogP contribution >= 0.6 is 0 Å². The first-order chi connectivity index (χ1) is 8.40. The van der Waals surface area contributed by atoms with Gasteiger partial charge in [-0.25, -0.2) is 4.39 Å². The zero-order valence-corrected chi connectivity index (χ0v) is 10.9. The molecule has 0 aliphatic heterocycles. The molecule has 2 nitrogen and oxygen atoms in total. The molecule has 0 saturated heterocycles. The fourth-order valence-corrected chi connectivity index (χ4v) is 2.14. The Hall–Kier alpha value is -1.90. The molecule has 0 spiro atoms. The van der Waals surface area contributed by atoms with Gasteiger partial charge in [0.25, 0.3) is 0 Å². The van der Waals surface area contributed by atoms with Crippen LogP contribution in [0.2, 0.25) is 0 Å². The number of hydrogen-bond donors (Lipinski definition) is 0. The zero-order chi connectivity index (χ0) is 13.4. The summed E-state index contributed by atoms with van der Waals surface area (Å²) in [5.74, 6) is 0.721. The Morgan fingerprint density at radius 1 is 1.06 bits per heavy atom. The van der Waals surface area contributed by atoms with Gasteiger partial charge in [-0.3, -0.25) is 4.79 Å². The SMILES string of the molecule is Cc1cc(F)cc(C(=O)c2c(C)oc(C)c2C)c1. The first-order valence-corrected chi connectivity index (χ1v) is 5.78. The predicted molar refractivity (Wildman–Crippen MR) is 67.5 cm³/mol. The van der Waals surface area contributed by atoms with E-state index in [4.69, 9.17) is 4.42 Å². The molecule has 0 fully saturated rings. The molecule has 94 valence electrons. The molecule has 0 atom stereocenters. The lowest BCUT2D eigenvalue weighted by Gasteiger charge is -2.03. The summed E-state index contributed by atoms with van der Waals surface area (Å²) >= 11 is 0. The first-order valence-electron chi connectivity index (χ1n) is 5.78. The molecule has 0 saturated carbocycles. The highest BCUT2D eigenvalue weighted by Crippen LogP contribution is 2.24. The number of carbonyl (C=O) groups excluding carboxylic acids is 1. The molecule has 2 aromatic rings. The van der Waals surface area contributed by atoms with Crippen molar-refractivity contribution < 1.29 is 13.6 Å². The van der Waals surface area contributed by atoms with Gasteiger partial charge in [-0.2, -0.15) is 0 Å². The van der Waals surface area contributed by atoms with Gasteiger partial charge in [0.2, 0.25) is 0 Å². The molecule has 0 bridgehead atoms. The number of rotatable bonds is 2. The molecule has 0 N–H and O–H groups in total. The zero-order valence-electron chi connectivity index (χ0n) is 10.9. The molecule has 3 heteroatoms. The van der Waals surface area contributed by atoms with Crippen LogP contribution in [0, 0.1) is 33.5 Å². The third-order valence-corrected chi connectivity index (χ3v) is 3.09. The molecule has 1 heterocycles. The second kappa shape index (κ2) is 4.41. The average molecular weight is 246 g/mol. The van der Waals surface area contributed by atoms with Gasteiger partial charge in [-0.1, -0.05) is 0 Å². The second-order valence-corrected chi connectivity index (χ2v) is 4.56. The summed E-state index contributed by atoms with van der Waals surface area (Å²) in [6.07, 6.45) is 0. The third-order valence-electron chi connectivity index (χ3n) is 3.09. The van der Waals surface area contributed by atoms with E-state index in [2.05, 4.69) is 0 Å². The van der Waals surface area contributed by atoms with Gasteiger partial charge in [0.15, 0.2) is 5.78 Å². The summed E-state index contributed by atoms with van der Waals surface area (Å²) < 4.78 is 18.8. The molecule has 0 aliphatic rings. The van der Waals surface area contributed by atoms with Crippen molar-refractivity contribution >= 4 is 5.78 Å². The Balaban J connectivity index is 2.54. The summed E-state index contributed by atoms with van der Waals surface area (Å²) in [6, 6.07) is 4.35. The van der Waals surface area contributed by atoms with Crippen LogP contribution in [0.5, 0.6) is 0 Å². The van der Waals surface area contributed by atoms with Crippen LogP contribution in [0.15, 0.2) is 22.6 Å². The van der Waals surface area contributed by atoms with Crippen molar-refractivity contribution in [1.29, 1.82) is 0 Å². The van der Waals surface area contributed by atoms with Crippen molar-refractivity contribution in [3.63, 3.8) is 0 Å². The van der Waals surface area contributed by atoms with Crippen molar-refractivity contribution in [1.82, 2.24) is 0 Å². The van der Waals surface area contributed by atoms with Gasteiger partial charge in [0.1, 0.15) is 17.3 Å². The quantitative estimate of drug-likeness (QED) is 0.753. The van der Waals surface area contributed by atoms with Crippen LogP contribution in [-0.2, 0) is 0 Å². The fraction of sp³-hybridized carbons (Fsp3) is 0.267. The first kappa shape index (κ1) is 12.6. The average Bonchev–Trinajstić information content (AvgIpc) is 2.51. The number of halogens is 1. The van der Waals surface area contributed by atoms with Gasteiger partial charge in [0.05, 0.1) is 5.56 Å². The van der Waals surface area contributed by atoms with Gasteiger partial charge in [0, 0.05) is 11.1 Å². The van der Waals surface area contributed by atoms with Crippen LogP contribution in [0.3, 0.4) is 0 Å². The second-order valence-electron chi connectivity index (χ2n) is 4.56. The van der Waals surface area contributed by atoms with Crippen molar-refractivity contribution in [3.8, 4) is 0 Å². The summed E-state index contributed by atoms with van der Waals surface area (Å²) in [5.41, 5.74) is 2.45. The Labute approximate surface area is 105 Å². The summed E-state index contributed by atoms with van der Waals surface area (Å²) in [6.45, 7) is 7.17. The Morgan fingerprint density at radius 3 is 2.22 bits per heavy atom. The van der Waals surface area contributed by atoms with Gasteiger partial charge in [-0.15, -0.1) is 0 Å². The van der Waals surface area contributed by atoms with Crippen LogP contribution in [-0.4, -0.2) is 5.78 Å². The van der Waals surface area contributed by atoms with Crippen molar-refractivity contribution in [3.05, 3.63) is 57.8 Å². The molecule has 2 rings (SSSR count). The molecule has 18 heavy (non-hydrogen) atoms. The topological polar surface area (TPSA) is 30.2 Å². The maximum absolute atomic E-state index is 13.3. The number of carbonyl (C=O) groups is 1. The van der Waals surface area contributed by atoms with E-state index in [1.165, 1.54) is 12.1 Å². The normalized spacial score (nSPS) is 10.7. The van der Waals surface area contributed by atoms with Crippen molar-refractivity contribution in [2.45, 2.75) is 27.7 Å². The van der Waals surface area contributed by atoms with E-state index in [0.717, 1.165) is 16.9 Å². The van der Waals surface area contributed by atoms with Crippen LogP contribution in [0.1, 0.15) is 38.6 Å². The molecular weight excluding hydrogens is 231 g/mol. The predicted octanol–water partition coefficient (Wildman–Crippen LogP) is 3.88. The van der Waals surface area contributed by atoms with E-state index < -0.39 is 5.82 Å². The van der Waals surface area contributed by atoms with Gasteiger partial charge in [-0.05, 0) is 51.5 Å². The molecule has 1 aromatic heterocycles. The smallest absolute Gasteiger partial charge is 0.196 e. The van der Waals surface area contributed by atoms with Gasteiger partial charge < -0.3 is 4.42 Å². The summed E-state index contributed by atoms with van der Waals surface area (Å²) in [4.78, 5) is 12.4. The highest BCUT2D eigenvalue weighted by atomic mass is 19.1. The van der Waals surface area contributed by atoms with E-state index in [0.29, 0.717) is 16.9 Å². The van der Waals surface area contributed by atoms with E-state index in [9.17, 15) is 9.18 Å². The Kier molecular flexibility index (Phi) is 3.07. The van der Waals surface area contributed by atoms with E-state index in [1.54, 1.807) is 19.9 Å². The highest BCUT2D eigenvalue weighted by Gasteiger charge is 2.20. The Morgan fingerprint density at radius 2 is 1.72 bits per heavy atom. The van der Waals surface area contributed by atoms with Gasteiger partial charge >= 0.3 is 0 Å². The summed E-state index contributed by atoms with van der Waals surface area (Å²) in [5, 5.41) is 0. The minimum Gasteiger partial charge on any atom is -0.466 e. The minimum absolute atomic E-state index is 0.190. The largest absolute Gasteiger partial charge is 0.466 e. The van der Waals surface area contributed by atoms with Crippen LogP contribution < -0.4 is 0 Å². The molecule has 0 amide bonds. The standard InChI is InChI=1S/C15H15FO2/c1-8-5-12(7-13(16)6-8)15(17)14-9(2)10(3)18-11(14)4/h5-7H,1-4H3. The third kappa shape index (κ3) is 2.08. The molecule has 0 aliphatic carbocycles. The lowest BCUT2D eigenvalue weighted by Crippen LogP contribution is -2.04. The number of ketones is 1. The van der Waals surface area contributed by atoms with E-state index in [1.807, 2.05) is 13.8 Å². The van der Waals surface area contributed by atoms with Crippen molar-refractivity contribution in [2.75, 3.05) is 0 Å². The lowest BCUT2D eigenvalue weighted by atomic mass is 9.98. The van der Waals surface area contributed by atoms with Crippen LogP contribution in [0.4, 0.5) is 4.39 Å². The maximum atomic E-state index is 13.3. The highest BCUT2D eigenvalue weighted by molar-refractivity contribution is 6.10. The van der Waals surface area contributed by atoms with Crippen LogP contribution in [0.25, 0.3) is 0 Å². The molecule has 0 unspecified atom stereocenters. The summed E-state index contributed by atoms with van der Waals surface area (Å²) in [7, 11) is 0. The number of furan rings is 1. The molecule has 1 aromatic carbocycles. The fourth-order valence-electron chi connectivity index (χ4n) is 2.14. The van der Waals surface area contributed by atoms with E-state index in [-0.39, 0.29) is 5.78 Å². The minimum atomic E-state index is -0.395. The lowest BCUT2D eigenvalue weighted by molar-refractivity contribution is 0.103. The molecular formula is C15H15FO2. The number of hydrogen-bond acceptors (Lipinski definition) is 2. The van der Waals surface area contributed by atoms with E-state index >= 15 is 0 Å².